The van der Waals surface area contributed by atoms with E-state index in [4.69, 9.17) is 12.6 Å². The van der Waals surface area contributed by atoms with E-state index < -0.39 is 0 Å². The quantitative estimate of drug-likeness (QED) is 0.546. The van der Waals surface area contributed by atoms with Crippen LogP contribution in [0.3, 0.4) is 0 Å². The molecule has 0 aromatic heterocycles. The van der Waals surface area contributed by atoms with Gasteiger partial charge in [-0.25, -0.2) is 0 Å². The lowest BCUT2D eigenvalue weighted by Crippen LogP contribution is -2.24. The van der Waals surface area contributed by atoms with Gasteiger partial charge < -0.3 is 10.1 Å². The van der Waals surface area contributed by atoms with E-state index in [1.165, 1.54) is 0 Å². The third-order valence-electron chi connectivity index (χ3n) is 1.88. The van der Waals surface area contributed by atoms with Crippen LogP contribution in [0, 0.1) is 0 Å². The summed E-state index contributed by atoms with van der Waals surface area (Å²) >= 11 is 0. The fraction of sp³-hybridized carbons (Fsp3) is 0.364. The molecule has 1 rings (SSSR count). The Kier molecular flexibility index (Phi) is 4.91. The molecule has 0 bridgehead atoms. The highest BCUT2D eigenvalue weighted by Gasteiger charge is 1.99. The second-order valence-corrected chi connectivity index (χ2v) is 3.15. The minimum absolute atomic E-state index is 0.229. The number of carbonyl (C=O) groups excluding carboxylic acids is 1. The summed E-state index contributed by atoms with van der Waals surface area (Å²) in [5.74, 6) is -0.229. The lowest BCUT2D eigenvalue weighted by Gasteiger charge is -2.04. The Morgan fingerprint density at radius 3 is 2.67 bits per heavy atom. The van der Waals surface area contributed by atoms with E-state index >= 15 is 0 Å². The molecular weight excluding hydrogens is 189 g/mol. The molecule has 0 aliphatic carbocycles. The van der Waals surface area contributed by atoms with Gasteiger partial charge in [0, 0.05) is 6.54 Å². The van der Waals surface area contributed by atoms with E-state index in [0.29, 0.717) is 13.2 Å². The van der Waals surface area contributed by atoms with Crippen LogP contribution in [-0.4, -0.2) is 27.0 Å². The summed E-state index contributed by atoms with van der Waals surface area (Å²) in [5.41, 5.74) is 1.83. The highest BCUT2D eigenvalue weighted by Crippen LogP contribution is 1.95. The molecule has 4 heteroatoms. The van der Waals surface area contributed by atoms with Gasteiger partial charge >= 0.3 is 5.97 Å². The maximum Gasteiger partial charge on any atom is 0.319 e. The van der Waals surface area contributed by atoms with Crippen molar-refractivity contribution in [1.29, 1.82) is 0 Å². The smallest absolute Gasteiger partial charge is 0.319 e. The van der Waals surface area contributed by atoms with Crippen LogP contribution < -0.4 is 10.8 Å². The number of esters is 1. The fourth-order valence-corrected chi connectivity index (χ4v) is 1.16. The van der Waals surface area contributed by atoms with Gasteiger partial charge in [0.1, 0.15) is 7.85 Å². The molecule has 0 saturated carbocycles. The summed E-state index contributed by atoms with van der Waals surface area (Å²) in [5, 5.41) is 2.99. The van der Waals surface area contributed by atoms with E-state index in [2.05, 4.69) is 5.32 Å². The van der Waals surface area contributed by atoms with Gasteiger partial charge in [0.05, 0.1) is 13.2 Å². The van der Waals surface area contributed by atoms with E-state index in [-0.39, 0.29) is 12.5 Å². The van der Waals surface area contributed by atoms with Crippen molar-refractivity contribution in [2.45, 2.75) is 13.5 Å². The zero-order valence-corrected chi connectivity index (χ0v) is 8.82. The average Bonchev–Trinajstić information content (AvgIpc) is 2.21. The summed E-state index contributed by atoms with van der Waals surface area (Å²) in [6.07, 6.45) is 0. The van der Waals surface area contributed by atoms with Crippen LogP contribution in [0.2, 0.25) is 0 Å². The van der Waals surface area contributed by atoms with Gasteiger partial charge in [-0.1, -0.05) is 29.7 Å². The molecule has 0 heterocycles. The number of nitrogens with one attached hydrogen (secondary N) is 1. The lowest BCUT2D eigenvalue weighted by atomic mass is 9.95. The Morgan fingerprint density at radius 2 is 2.07 bits per heavy atom. The standard InChI is InChI=1S/C11H14BNO2/c1-2-15-11(14)8-13-7-9-3-5-10(12)6-4-9/h3-6,13H,2,7-8H2,1H3. The predicted molar refractivity (Wildman–Crippen MR) is 60.2 cm³/mol. The van der Waals surface area contributed by atoms with E-state index in [1.807, 2.05) is 24.3 Å². The summed E-state index contributed by atoms with van der Waals surface area (Å²) in [6, 6.07) is 7.52. The molecule has 1 N–H and O–H groups in total. The number of rotatable bonds is 5. The molecule has 0 aliphatic rings. The maximum absolute atomic E-state index is 11.0. The first-order valence-electron chi connectivity index (χ1n) is 4.93. The molecule has 1 aromatic carbocycles. The van der Waals surface area contributed by atoms with E-state index in [1.54, 1.807) is 6.92 Å². The van der Waals surface area contributed by atoms with E-state index in [0.717, 1.165) is 11.0 Å². The minimum atomic E-state index is -0.229. The topological polar surface area (TPSA) is 38.3 Å². The van der Waals surface area contributed by atoms with Gasteiger partial charge in [0.15, 0.2) is 0 Å². The Morgan fingerprint density at radius 1 is 1.40 bits per heavy atom. The molecule has 0 aliphatic heterocycles. The van der Waals surface area contributed by atoms with Crippen molar-refractivity contribution in [3.05, 3.63) is 29.8 Å². The molecule has 0 unspecified atom stereocenters. The first-order chi connectivity index (χ1) is 7.22. The van der Waals surface area contributed by atoms with E-state index in [9.17, 15) is 4.79 Å². The van der Waals surface area contributed by atoms with Crippen LogP contribution in [0.5, 0.6) is 0 Å². The van der Waals surface area contributed by atoms with Crippen LogP contribution in [0.15, 0.2) is 24.3 Å². The van der Waals surface area contributed by atoms with Crippen molar-refractivity contribution >= 4 is 19.3 Å². The second-order valence-electron chi connectivity index (χ2n) is 3.15. The second kappa shape index (κ2) is 6.25. The van der Waals surface area contributed by atoms with Crippen molar-refractivity contribution in [2.75, 3.05) is 13.2 Å². The number of hydrogen-bond donors (Lipinski definition) is 1. The highest BCUT2D eigenvalue weighted by atomic mass is 16.5. The number of ether oxygens (including phenoxy) is 1. The predicted octanol–water partition coefficient (Wildman–Crippen LogP) is 0.133. The zero-order valence-electron chi connectivity index (χ0n) is 8.82. The van der Waals surface area contributed by atoms with Crippen LogP contribution >= 0.6 is 0 Å². The summed E-state index contributed by atoms with van der Waals surface area (Å²) < 4.78 is 4.78. The molecular formula is C11H14BNO2. The molecule has 0 amide bonds. The SMILES string of the molecule is [B]c1ccc(CNCC(=O)OCC)cc1. The first kappa shape index (κ1) is 11.8. The Balaban J connectivity index is 2.26. The summed E-state index contributed by atoms with van der Waals surface area (Å²) in [4.78, 5) is 11.0. The van der Waals surface area contributed by atoms with Crippen LogP contribution in [0.1, 0.15) is 12.5 Å². The Labute approximate surface area is 91.2 Å². The molecule has 3 nitrogen and oxygen atoms in total. The lowest BCUT2D eigenvalue weighted by molar-refractivity contribution is -0.142. The molecule has 0 spiro atoms. The number of carbonyl (C=O) groups is 1. The number of benzene rings is 1. The monoisotopic (exact) mass is 203 g/mol. The van der Waals surface area contributed by atoms with Gasteiger partial charge in [0.25, 0.3) is 0 Å². The highest BCUT2D eigenvalue weighted by molar-refractivity contribution is 6.32. The molecule has 1 aromatic rings. The molecule has 78 valence electrons. The molecule has 0 saturated heterocycles. The van der Waals surface area contributed by atoms with Crippen LogP contribution in [0.4, 0.5) is 0 Å². The van der Waals surface area contributed by atoms with Crippen molar-refractivity contribution in [3.8, 4) is 0 Å². The normalized spacial score (nSPS) is 9.93. The van der Waals surface area contributed by atoms with Crippen LogP contribution in [0.25, 0.3) is 0 Å². The van der Waals surface area contributed by atoms with Crippen LogP contribution in [-0.2, 0) is 16.1 Å². The van der Waals surface area contributed by atoms with Crippen molar-refractivity contribution < 1.29 is 9.53 Å². The molecule has 0 fully saturated rings. The first-order valence-corrected chi connectivity index (χ1v) is 4.93. The maximum atomic E-state index is 11.0. The Hall–Kier alpha value is -1.29. The Bertz CT molecular complexity index is 311. The minimum Gasteiger partial charge on any atom is -0.465 e. The van der Waals surface area contributed by atoms with Crippen molar-refractivity contribution in [1.82, 2.24) is 5.32 Å². The third kappa shape index (κ3) is 4.65. The van der Waals surface area contributed by atoms with Gasteiger partial charge in [-0.05, 0) is 12.5 Å². The van der Waals surface area contributed by atoms with Crippen molar-refractivity contribution in [2.24, 2.45) is 0 Å². The van der Waals surface area contributed by atoms with Gasteiger partial charge in [-0.3, -0.25) is 4.79 Å². The largest absolute Gasteiger partial charge is 0.465 e. The zero-order chi connectivity index (χ0) is 11.1. The number of hydrogen-bond acceptors (Lipinski definition) is 3. The van der Waals surface area contributed by atoms with Gasteiger partial charge in [0.2, 0.25) is 0 Å². The van der Waals surface area contributed by atoms with Crippen molar-refractivity contribution in [3.63, 3.8) is 0 Å². The summed E-state index contributed by atoms with van der Waals surface area (Å²) in [6.45, 7) is 3.08. The third-order valence-corrected chi connectivity index (χ3v) is 1.88. The van der Waals surface area contributed by atoms with Gasteiger partial charge in [-0.2, -0.15) is 0 Å². The summed E-state index contributed by atoms with van der Waals surface area (Å²) in [7, 11) is 5.55. The average molecular weight is 203 g/mol. The molecule has 15 heavy (non-hydrogen) atoms. The molecule has 0 atom stereocenters. The molecule has 2 radical (unpaired) electrons. The van der Waals surface area contributed by atoms with Gasteiger partial charge in [-0.15, -0.1) is 0 Å². The fourth-order valence-electron chi connectivity index (χ4n) is 1.16.